The minimum absolute atomic E-state index is 0.0627. The van der Waals surface area contributed by atoms with E-state index in [1.54, 1.807) is 14.2 Å². The number of hydrogen-bond acceptors (Lipinski definition) is 6. The van der Waals surface area contributed by atoms with E-state index in [0.717, 1.165) is 28.9 Å². The number of benzene rings is 3. The van der Waals surface area contributed by atoms with E-state index < -0.39 is 10.8 Å². The van der Waals surface area contributed by atoms with Gasteiger partial charge in [0.2, 0.25) is 17.7 Å². The summed E-state index contributed by atoms with van der Waals surface area (Å²) in [6.45, 7) is 1.30. The second-order valence-electron chi connectivity index (χ2n) is 10.2. The summed E-state index contributed by atoms with van der Waals surface area (Å²) in [5, 5.41) is 0. The molecule has 0 unspecified atom stereocenters. The number of carbonyl (C=O) groups is 3. The molecule has 8 heteroatoms. The molecule has 0 saturated carbocycles. The van der Waals surface area contributed by atoms with E-state index in [4.69, 9.17) is 9.47 Å². The van der Waals surface area contributed by atoms with Gasteiger partial charge in [-0.3, -0.25) is 19.3 Å². The van der Waals surface area contributed by atoms with Crippen LogP contribution in [-0.4, -0.2) is 59.6 Å². The van der Waals surface area contributed by atoms with Gasteiger partial charge in [0.05, 0.1) is 26.7 Å². The van der Waals surface area contributed by atoms with Crippen molar-refractivity contribution in [3.8, 4) is 11.5 Å². The Hall–Kier alpha value is -3.78. The van der Waals surface area contributed by atoms with Crippen molar-refractivity contribution in [2.75, 3.05) is 27.3 Å². The molecule has 208 valence electrons. The molecule has 0 bridgehead atoms. The minimum atomic E-state index is -1.22. The first-order valence-electron chi connectivity index (χ1n) is 13.6. The van der Waals surface area contributed by atoms with Crippen molar-refractivity contribution in [2.45, 2.75) is 47.8 Å². The van der Waals surface area contributed by atoms with E-state index in [9.17, 15) is 14.4 Å². The number of hydrogen-bond donors (Lipinski definition) is 0. The molecule has 2 aliphatic heterocycles. The van der Waals surface area contributed by atoms with Gasteiger partial charge in [-0.25, -0.2) is 0 Å². The van der Waals surface area contributed by atoms with Gasteiger partial charge in [0, 0.05) is 24.4 Å². The van der Waals surface area contributed by atoms with Crippen molar-refractivity contribution in [3.63, 3.8) is 0 Å². The summed E-state index contributed by atoms with van der Waals surface area (Å²) < 4.78 is 9.49. The van der Waals surface area contributed by atoms with Crippen molar-refractivity contribution in [3.05, 3.63) is 90.0 Å². The highest BCUT2D eigenvalue weighted by Gasteiger charge is 2.60. The highest BCUT2D eigenvalue weighted by Crippen LogP contribution is 2.54. The highest BCUT2D eigenvalue weighted by atomic mass is 32.2. The molecule has 0 aromatic heterocycles. The maximum Gasteiger partial charge on any atom is 0.242 e. The molecule has 2 aliphatic rings. The van der Waals surface area contributed by atoms with E-state index in [-0.39, 0.29) is 30.6 Å². The Labute approximate surface area is 239 Å². The standard InChI is InChI=1S/C32H34N2O5S/c1-38-25-13-11-24(12-14-25)30-32(31(37)33-20-6-7-21-33,40-27-17-15-26(39-2)16-18-27)22-29(36)34(30)28(35)19-10-23-8-4-3-5-9-23/h3-5,8-9,11-18,30H,6-7,10,19-22H2,1-2H3/t30-,32-/m1/s1. The largest absolute Gasteiger partial charge is 0.497 e. The molecule has 2 atom stereocenters. The predicted molar refractivity (Wildman–Crippen MR) is 154 cm³/mol. The van der Waals surface area contributed by atoms with Gasteiger partial charge in [0.15, 0.2) is 0 Å². The normalized spacial score (nSPS) is 20.6. The van der Waals surface area contributed by atoms with Gasteiger partial charge in [-0.1, -0.05) is 42.5 Å². The Kier molecular flexibility index (Phi) is 8.45. The summed E-state index contributed by atoms with van der Waals surface area (Å²) in [5.41, 5.74) is 1.75. The number of imide groups is 1. The first-order chi connectivity index (χ1) is 19.4. The predicted octanol–water partition coefficient (Wildman–Crippen LogP) is 5.29. The van der Waals surface area contributed by atoms with Gasteiger partial charge in [0.25, 0.3) is 0 Å². The Morgan fingerprint density at radius 2 is 1.48 bits per heavy atom. The molecule has 3 aromatic carbocycles. The lowest BCUT2D eigenvalue weighted by Gasteiger charge is -2.38. The fraction of sp³-hybridized carbons (Fsp3) is 0.344. The fourth-order valence-corrected chi connectivity index (χ4v) is 7.09. The lowest BCUT2D eigenvalue weighted by atomic mass is 9.90. The van der Waals surface area contributed by atoms with Crippen molar-refractivity contribution >= 4 is 29.5 Å². The number of rotatable bonds is 9. The Balaban J connectivity index is 1.58. The smallest absolute Gasteiger partial charge is 0.242 e. The Morgan fingerprint density at radius 3 is 2.08 bits per heavy atom. The Morgan fingerprint density at radius 1 is 0.875 bits per heavy atom. The van der Waals surface area contributed by atoms with Gasteiger partial charge >= 0.3 is 0 Å². The topological polar surface area (TPSA) is 76.2 Å². The van der Waals surface area contributed by atoms with Gasteiger partial charge in [0.1, 0.15) is 16.2 Å². The molecule has 0 spiro atoms. The molecule has 2 saturated heterocycles. The van der Waals surface area contributed by atoms with E-state index in [2.05, 4.69) is 0 Å². The van der Waals surface area contributed by atoms with Crippen molar-refractivity contribution in [1.82, 2.24) is 9.80 Å². The molecule has 2 heterocycles. The van der Waals surface area contributed by atoms with Crippen LogP contribution in [-0.2, 0) is 20.8 Å². The van der Waals surface area contributed by atoms with Crippen LogP contribution in [0.15, 0.2) is 83.8 Å². The molecular formula is C32H34N2O5S. The lowest BCUT2D eigenvalue weighted by Crippen LogP contribution is -2.50. The molecule has 3 amide bonds. The van der Waals surface area contributed by atoms with Crippen LogP contribution in [0.4, 0.5) is 0 Å². The van der Waals surface area contributed by atoms with E-state index in [1.807, 2.05) is 83.8 Å². The van der Waals surface area contributed by atoms with E-state index in [1.165, 1.54) is 16.7 Å². The van der Waals surface area contributed by atoms with E-state index >= 15 is 0 Å². The maximum absolute atomic E-state index is 14.5. The zero-order chi connectivity index (χ0) is 28.1. The van der Waals surface area contributed by atoms with Gasteiger partial charge in [-0.05, 0) is 66.8 Å². The van der Waals surface area contributed by atoms with Crippen LogP contribution in [0, 0.1) is 0 Å². The summed E-state index contributed by atoms with van der Waals surface area (Å²) in [7, 11) is 3.20. The molecule has 0 N–H and O–H groups in total. The monoisotopic (exact) mass is 558 g/mol. The van der Waals surface area contributed by atoms with Crippen LogP contribution in [0.1, 0.15) is 42.9 Å². The first-order valence-corrected chi connectivity index (χ1v) is 14.4. The third-order valence-electron chi connectivity index (χ3n) is 7.67. The van der Waals surface area contributed by atoms with Gasteiger partial charge in [-0.2, -0.15) is 0 Å². The van der Waals surface area contributed by atoms with Gasteiger partial charge in [-0.15, -0.1) is 11.8 Å². The number of nitrogens with zero attached hydrogens (tertiary/aromatic N) is 2. The van der Waals surface area contributed by atoms with Crippen LogP contribution < -0.4 is 9.47 Å². The second kappa shape index (κ2) is 12.2. The summed E-state index contributed by atoms with van der Waals surface area (Å²) in [5.74, 6) is 0.664. The summed E-state index contributed by atoms with van der Waals surface area (Å²) in [6, 6.07) is 23.8. The number of amides is 3. The number of likely N-dealkylation sites (tertiary alicyclic amines) is 2. The van der Waals surface area contributed by atoms with Crippen LogP contribution in [0.3, 0.4) is 0 Å². The zero-order valence-electron chi connectivity index (χ0n) is 22.9. The van der Waals surface area contributed by atoms with Crippen LogP contribution in [0.25, 0.3) is 0 Å². The van der Waals surface area contributed by atoms with Gasteiger partial charge < -0.3 is 14.4 Å². The third-order valence-corrected chi connectivity index (χ3v) is 9.08. The molecule has 40 heavy (non-hydrogen) atoms. The van der Waals surface area contributed by atoms with Crippen molar-refractivity contribution in [1.29, 1.82) is 0 Å². The lowest BCUT2D eigenvalue weighted by molar-refractivity contribution is -0.144. The van der Waals surface area contributed by atoms with Crippen LogP contribution in [0.2, 0.25) is 0 Å². The summed E-state index contributed by atoms with van der Waals surface area (Å²) in [4.78, 5) is 46.2. The average Bonchev–Trinajstić information content (AvgIpc) is 3.63. The third kappa shape index (κ3) is 5.59. The first kappa shape index (κ1) is 27.8. The molecule has 0 aliphatic carbocycles. The van der Waals surface area contributed by atoms with E-state index in [0.29, 0.717) is 31.0 Å². The SMILES string of the molecule is COc1ccc(S[C@]2(C(=O)N3CCCC3)CC(=O)N(C(=O)CCc3ccccc3)[C@@H]2c2ccc(OC)cc2)cc1. The number of aryl methyl sites for hydroxylation is 1. The fourth-order valence-electron chi connectivity index (χ4n) is 5.63. The highest BCUT2D eigenvalue weighted by molar-refractivity contribution is 8.01. The number of ether oxygens (including phenoxy) is 2. The van der Waals surface area contributed by atoms with Crippen LogP contribution in [0.5, 0.6) is 11.5 Å². The summed E-state index contributed by atoms with van der Waals surface area (Å²) in [6.07, 6.45) is 2.47. The number of methoxy groups -OCH3 is 2. The maximum atomic E-state index is 14.5. The molecular weight excluding hydrogens is 524 g/mol. The molecule has 5 rings (SSSR count). The molecule has 0 radical (unpaired) electrons. The molecule has 7 nitrogen and oxygen atoms in total. The summed E-state index contributed by atoms with van der Waals surface area (Å²) >= 11 is 1.37. The zero-order valence-corrected chi connectivity index (χ0v) is 23.7. The second-order valence-corrected chi connectivity index (χ2v) is 11.6. The number of carbonyl (C=O) groups excluding carboxylic acids is 3. The average molecular weight is 559 g/mol. The molecule has 2 fully saturated rings. The van der Waals surface area contributed by atoms with Crippen molar-refractivity contribution in [2.24, 2.45) is 0 Å². The van der Waals surface area contributed by atoms with Crippen LogP contribution >= 0.6 is 11.8 Å². The molecule has 3 aromatic rings. The quantitative estimate of drug-likeness (QED) is 0.355. The number of thioether (sulfide) groups is 1. The van der Waals surface area contributed by atoms with Crippen molar-refractivity contribution < 1.29 is 23.9 Å². The Bertz CT molecular complexity index is 1340. The minimum Gasteiger partial charge on any atom is -0.497 e.